The van der Waals surface area contributed by atoms with Gasteiger partial charge in [-0.3, -0.25) is 4.79 Å². The summed E-state index contributed by atoms with van der Waals surface area (Å²) in [4.78, 5) is 11.5. The molecule has 17 heavy (non-hydrogen) atoms. The van der Waals surface area contributed by atoms with Crippen molar-refractivity contribution in [3.8, 4) is 0 Å². The third kappa shape index (κ3) is 7.63. The van der Waals surface area contributed by atoms with Crippen LogP contribution in [0.15, 0.2) is 0 Å². The molecule has 0 aromatic rings. The average Bonchev–Trinajstić information content (AvgIpc) is 2.22. The number of hydrogen-bond donors (Lipinski definition) is 2. The number of amides is 1. The van der Waals surface area contributed by atoms with E-state index in [2.05, 4.69) is 5.32 Å². The van der Waals surface area contributed by atoms with Gasteiger partial charge in [0.05, 0.1) is 5.54 Å². The summed E-state index contributed by atoms with van der Waals surface area (Å²) in [5.41, 5.74) is 4.86. The molecule has 0 heterocycles. The first-order chi connectivity index (χ1) is 7.92. The molecule has 0 aliphatic heterocycles. The summed E-state index contributed by atoms with van der Waals surface area (Å²) in [5, 5.41) is 3.25. The number of carbonyl (C=O) groups is 1. The van der Waals surface area contributed by atoms with Gasteiger partial charge in [-0.05, 0) is 45.1 Å². The van der Waals surface area contributed by atoms with Gasteiger partial charge in [0.1, 0.15) is 0 Å². The van der Waals surface area contributed by atoms with E-state index >= 15 is 0 Å². The Hall–Kier alpha value is -0.260. The summed E-state index contributed by atoms with van der Waals surface area (Å²) in [6.45, 7) is 6.72. The summed E-state index contributed by atoms with van der Waals surface area (Å²) in [6, 6.07) is 0.256. The molecule has 0 aromatic heterocycles. The maximum Gasteiger partial charge on any atom is 0.237 e. The van der Waals surface area contributed by atoms with Crippen LogP contribution in [0.2, 0.25) is 0 Å². The Morgan fingerprint density at radius 2 is 2.12 bits per heavy atom. The van der Waals surface area contributed by atoms with Crippen LogP contribution in [0.5, 0.6) is 0 Å². The molecule has 1 atom stereocenters. The SMILES string of the molecule is COCCCSCCC(C)(NC(C)C)C(N)=O. The zero-order chi connectivity index (χ0) is 13.3. The predicted molar refractivity (Wildman–Crippen MR) is 74.3 cm³/mol. The highest BCUT2D eigenvalue weighted by Crippen LogP contribution is 2.15. The first kappa shape index (κ1) is 16.7. The van der Waals surface area contributed by atoms with Crippen LogP contribution in [0.1, 0.15) is 33.6 Å². The van der Waals surface area contributed by atoms with Crippen molar-refractivity contribution in [2.24, 2.45) is 5.73 Å². The molecule has 0 aromatic carbocycles. The Labute approximate surface area is 109 Å². The van der Waals surface area contributed by atoms with Gasteiger partial charge in [0.25, 0.3) is 0 Å². The first-order valence-corrected chi connectivity index (χ1v) is 7.22. The molecular weight excluding hydrogens is 236 g/mol. The van der Waals surface area contributed by atoms with E-state index in [1.54, 1.807) is 7.11 Å². The maximum atomic E-state index is 11.5. The molecule has 102 valence electrons. The van der Waals surface area contributed by atoms with Gasteiger partial charge in [-0.25, -0.2) is 0 Å². The lowest BCUT2D eigenvalue weighted by atomic mass is 9.97. The fourth-order valence-electron chi connectivity index (χ4n) is 1.59. The van der Waals surface area contributed by atoms with Crippen LogP contribution in [-0.2, 0) is 9.53 Å². The average molecular weight is 262 g/mol. The van der Waals surface area contributed by atoms with Crippen LogP contribution >= 0.6 is 11.8 Å². The van der Waals surface area contributed by atoms with Crippen LogP contribution in [0, 0.1) is 0 Å². The van der Waals surface area contributed by atoms with Crippen molar-refractivity contribution >= 4 is 17.7 Å². The number of ether oxygens (including phenoxy) is 1. The van der Waals surface area contributed by atoms with Gasteiger partial charge >= 0.3 is 0 Å². The number of primary amides is 1. The highest BCUT2D eigenvalue weighted by Gasteiger charge is 2.30. The monoisotopic (exact) mass is 262 g/mol. The van der Waals surface area contributed by atoms with E-state index < -0.39 is 5.54 Å². The van der Waals surface area contributed by atoms with Gasteiger partial charge in [-0.2, -0.15) is 11.8 Å². The Balaban J connectivity index is 3.89. The molecule has 3 N–H and O–H groups in total. The molecule has 0 aliphatic carbocycles. The van der Waals surface area contributed by atoms with Crippen molar-refractivity contribution in [1.29, 1.82) is 0 Å². The quantitative estimate of drug-likeness (QED) is 0.584. The minimum Gasteiger partial charge on any atom is -0.385 e. The minimum atomic E-state index is -0.595. The van der Waals surface area contributed by atoms with E-state index in [1.165, 1.54) is 0 Å². The second kappa shape index (κ2) is 8.78. The number of thioether (sulfide) groups is 1. The number of methoxy groups -OCH3 is 1. The third-order valence-electron chi connectivity index (χ3n) is 2.53. The second-order valence-electron chi connectivity index (χ2n) is 4.70. The number of nitrogens with two attached hydrogens (primary N) is 1. The van der Waals surface area contributed by atoms with E-state index in [0.29, 0.717) is 0 Å². The highest BCUT2D eigenvalue weighted by atomic mass is 32.2. The molecule has 0 spiro atoms. The smallest absolute Gasteiger partial charge is 0.237 e. The zero-order valence-corrected chi connectivity index (χ0v) is 12.2. The van der Waals surface area contributed by atoms with E-state index in [-0.39, 0.29) is 11.9 Å². The molecule has 0 saturated heterocycles. The molecule has 0 aliphatic rings. The zero-order valence-electron chi connectivity index (χ0n) is 11.4. The Bertz CT molecular complexity index is 225. The van der Waals surface area contributed by atoms with E-state index in [0.717, 1.165) is 31.0 Å². The lowest BCUT2D eigenvalue weighted by Gasteiger charge is -2.29. The summed E-state index contributed by atoms with van der Waals surface area (Å²) in [7, 11) is 1.71. The van der Waals surface area contributed by atoms with E-state index in [9.17, 15) is 4.79 Å². The second-order valence-corrected chi connectivity index (χ2v) is 5.93. The lowest BCUT2D eigenvalue weighted by Crippen LogP contribution is -2.55. The molecular formula is C12H26N2O2S. The van der Waals surface area contributed by atoms with Gasteiger partial charge in [0.15, 0.2) is 0 Å². The molecule has 4 nitrogen and oxygen atoms in total. The van der Waals surface area contributed by atoms with Crippen molar-refractivity contribution in [2.45, 2.75) is 45.2 Å². The summed E-state index contributed by atoms with van der Waals surface area (Å²) >= 11 is 1.84. The van der Waals surface area contributed by atoms with Crippen molar-refractivity contribution in [3.05, 3.63) is 0 Å². The van der Waals surface area contributed by atoms with Gasteiger partial charge in [0.2, 0.25) is 5.91 Å². The minimum absolute atomic E-state index is 0.256. The van der Waals surface area contributed by atoms with Gasteiger partial charge in [0, 0.05) is 19.8 Å². The first-order valence-electron chi connectivity index (χ1n) is 6.06. The van der Waals surface area contributed by atoms with Crippen LogP contribution in [0.25, 0.3) is 0 Å². The number of hydrogen-bond acceptors (Lipinski definition) is 4. The lowest BCUT2D eigenvalue weighted by molar-refractivity contribution is -0.124. The van der Waals surface area contributed by atoms with Gasteiger partial charge in [-0.1, -0.05) is 0 Å². The van der Waals surface area contributed by atoms with Crippen LogP contribution in [-0.4, -0.2) is 42.7 Å². The molecule has 0 rings (SSSR count). The molecule has 0 saturated carbocycles. The largest absolute Gasteiger partial charge is 0.385 e. The molecule has 1 unspecified atom stereocenters. The third-order valence-corrected chi connectivity index (χ3v) is 3.60. The van der Waals surface area contributed by atoms with Gasteiger partial charge < -0.3 is 15.8 Å². The Morgan fingerprint density at radius 3 is 2.59 bits per heavy atom. The van der Waals surface area contributed by atoms with E-state index in [1.807, 2.05) is 32.5 Å². The topological polar surface area (TPSA) is 64.3 Å². The highest BCUT2D eigenvalue weighted by molar-refractivity contribution is 7.99. The number of nitrogens with one attached hydrogen (secondary N) is 1. The number of carbonyl (C=O) groups excluding carboxylic acids is 1. The van der Waals surface area contributed by atoms with Crippen molar-refractivity contribution < 1.29 is 9.53 Å². The van der Waals surface area contributed by atoms with Crippen LogP contribution in [0.4, 0.5) is 0 Å². The molecule has 0 fully saturated rings. The molecule has 0 bridgehead atoms. The Kier molecular flexibility index (Phi) is 8.64. The molecule has 0 radical (unpaired) electrons. The van der Waals surface area contributed by atoms with Crippen molar-refractivity contribution in [1.82, 2.24) is 5.32 Å². The van der Waals surface area contributed by atoms with Gasteiger partial charge in [-0.15, -0.1) is 0 Å². The van der Waals surface area contributed by atoms with Crippen molar-refractivity contribution in [3.63, 3.8) is 0 Å². The maximum absolute atomic E-state index is 11.5. The van der Waals surface area contributed by atoms with E-state index in [4.69, 9.17) is 10.5 Å². The van der Waals surface area contributed by atoms with Crippen molar-refractivity contribution in [2.75, 3.05) is 25.2 Å². The molecule has 1 amide bonds. The standard InChI is InChI=1S/C12H26N2O2S/c1-10(2)14-12(3,11(13)15)6-9-17-8-5-7-16-4/h10,14H,5-9H2,1-4H3,(H2,13,15). The summed E-state index contributed by atoms with van der Waals surface area (Å²) in [6.07, 6.45) is 1.81. The Morgan fingerprint density at radius 1 is 1.47 bits per heavy atom. The molecule has 5 heteroatoms. The van der Waals surface area contributed by atoms with Crippen LogP contribution < -0.4 is 11.1 Å². The summed E-state index contributed by atoms with van der Waals surface area (Å²) < 4.78 is 4.98. The van der Waals surface area contributed by atoms with Crippen LogP contribution in [0.3, 0.4) is 0 Å². The summed E-state index contributed by atoms with van der Waals surface area (Å²) in [5.74, 6) is 1.72. The fourth-order valence-corrected chi connectivity index (χ4v) is 2.67. The normalized spacial score (nSPS) is 14.9. The fraction of sp³-hybridized carbons (Fsp3) is 0.917. The predicted octanol–water partition coefficient (Wildman–Crippen LogP) is 1.39. The number of rotatable bonds is 10.